The average Bonchev–Trinajstić information content (AvgIpc) is 3.20. The van der Waals surface area contributed by atoms with E-state index in [9.17, 15) is 4.79 Å². The van der Waals surface area contributed by atoms with Gasteiger partial charge < -0.3 is 14.8 Å². The molecule has 2 aliphatic rings. The van der Waals surface area contributed by atoms with Crippen LogP contribution in [0.5, 0.6) is 0 Å². The number of carbonyl (C=O) groups excluding carboxylic acids is 1. The van der Waals surface area contributed by atoms with Gasteiger partial charge in [0.1, 0.15) is 5.60 Å². The van der Waals surface area contributed by atoms with Crippen molar-refractivity contribution < 1.29 is 14.3 Å². The van der Waals surface area contributed by atoms with Crippen molar-refractivity contribution in [3.63, 3.8) is 0 Å². The maximum absolute atomic E-state index is 12.2. The number of rotatable bonds is 4. The summed E-state index contributed by atoms with van der Waals surface area (Å²) in [4.78, 5) is 14.6. The molecular weight excluding hydrogens is 304 g/mol. The molecule has 0 bridgehead atoms. The molecule has 0 spiro atoms. The lowest BCUT2D eigenvalue weighted by Gasteiger charge is -2.31. The van der Waals surface area contributed by atoms with E-state index in [-0.39, 0.29) is 17.6 Å². The van der Waals surface area contributed by atoms with Crippen LogP contribution in [-0.4, -0.2) is 55.5 Å². The van der Waals surface area contributed by atoms with Crippen LogP contribution in [0.1, 0.15) is 32.8 Å². The van der Waals surface area contributed by atoms with Gasteiger partial charge in [-0.3, -0.25) is 4.90 Å². The zero-order valence-electron chi connectivity index (χ0n) is 14.9. The van der Waals surface area contributed by atoms with Crippen molar-refractivity contribution >= 4 is 6.09 Å². The Labute approximate surface area is 144 Å². The number of nitrogens with one attached hydrogen (secondary N) is 1. The van der Waals surface area contributed by atoms with Crippen LogP contribution >= 0.6 is 0 Å². The molecule has 1 heterocycles. The molecule has 3 rings (SSSR count). The highest BCUT2D eigenvalue weighted by atomic mass is 16.6. The summed E-state index contributed by atoms with van der Waals surface area (Å²) in [7, 11) is 0. The van der Waals surface area contributed by atoms with E-state index < -0.39 is 5.60 Å². The van der Waals surface area contributed by atoms with E-state index in [1.54, 1.807) is 0 Å². The van der Waals surface area contributed by atoms with Gasteiger partial charge in [-0.2, -0.15) is 0 Å². The van der Waals surface area contributed by atoms with Crippen molar-refractivity contribution in [1.29, 1.82) is 0 Å². The number of ether oxygens (including phenoxy) is 2. The van der Waals surface area contributed by atoms with Gasteiger partial charge in [0.05, 0.1) is 13.2 Å². The van der Waals surface area contributed by atoms with Crippen LogP contribution in [0.15, 0.2) is 30.3 Å². The second-order valence-corrected chi connectivity index (χ2v) is 7.81. The molecule has 1 N–H and O–H groups in total. The van der Waals surface area contributed by atoms with Gasteiger partial charge in [-0.05, 0) is 32.8 Å². The van der Waals surface area contributed by atoms with E-state index in [1.165, 1.54) is 5.56 Å². The van der Waals surface area contributed by atoms with Crippen LogP contribution in [0.25, 0.3) is 0 Å². The lowest BCUT2D eigenvalue weighted by Crippen LogP contribution is -2.44. The lowest BCUT2D eigenvalue weighted by atomic mass is 9.94. The molecule has 5 nitrogen and oxygen atoms in total. The summed E-state index contributed by atoms with van der Waals surface area (Å²) in [6.07, 6.45) is 0.625. The Morgan fingerprint density at radius 1 is 1.29 bits per heavy atom. The third kappa shape index (κ3) is 4.08. The fraction of sp³-hybridized carbons (Fsp3) is 0.632. The van der Waals surface area contributed by atoms with Gasteiger partial charge in [0.25, 0.3) is 0 Å². The first-order valence-corrected chi connectivity index (χ1v) is 8.74. The molecule has 2 fully saturated rings. The highest BCUT2D eigenvalue weighted by Gasteiger charge is 2.57. The highest BCUT2D eigenvalue weighted by molar-refractivity contribution is 5.69. The van der Waals surface area contributed by atoms with E-state index in [2.05, 4.69) is 34.5 Å². The SMILES string of the molecule is CC(C)(C)OC(=O)N[C@@H]1C[C@@]1(CN1CCOCC1)c1ccccc1. The molecule has 1 saturated heterocycles. The Kier molecular flexibility index (Phi) is 4.83. The third-order valence-corrected chi connectivity index (χ3v) is 4.72. The molecule has 0 unspecified atom stereocenters. The zero-order valence-corrected chi connectivity index (χ0v) is 14.9. The predicted octanol–water partition coefficient (Wildman–Crippen LogP) is 2.55. The molecule has 0 radical (unpaired) electrons. The normalized spacial score (nSPS) is 27.5. The Bertz CT molecular complexity index is 564. The van der Waals surface area contributed by atoms with E-state index >= 15 is 0 Å². The number of amides is 1. The number of alkyl carbamates (subject to hydrolysis) is 1. The number of carbonyl (C=O) groups is 1. The maximum atomic E-state index is 12.2. The van der Waals surface area contributed by atoms with Crippen molar-refractivity contribution in [1.82, 2.24) is 10.2 Å². The zero-order chi connectivity index (χ0) is 17.2. The maximum Gasteiger partial charge on any atom is 0.407 e. The fourth-order valence-electron chi connectivity index (χ4n) is 3.46. The highest BCUT2D eigenvalue weighted by Crippen LogP contribution is 2.49. The largest absolute Gasteiger partial charge is 0.444 e. The van der Waals surface area contributed by atoms with Crippen molar-refractivity contribution in [2.45, 2.75) is 44.2 Å². The molecular formula is C19H28N2O3. The van der Waals surface area contributed by atoms with Crippen LogP contribution in [0.4, 0.5) is 4.79 Å². The van der Waals surface area contributed by atoms with Crippen LogP contribution in [0.3, 0.4) is 0 Å². The summed E-state index contributed by atoms with van der Waals surface area (Å²) in [5, 5.41) is 3.07. The summed E-state index contributed by atoms with van der Waals surface area (Å²) in [6.45, 7) is 10.1. The number of morpholine rings is 1. The molecule has 1 aromatic rings. The lowest BCUT2D eigenvalue weighted by molar-refractivity contribution is 0.0322. The monoisotopic (exact) mass is 332 g/mol. The standard InChI is InChI=1S/C19H28N2O3/c1-18(2,3)24-17(22)20-16-13-19(16,15-7-5-4-6-8-15)14-21-9-11-23-12-10-21/h4-8,16H,9-14H2,1-3H3,(H,20,22)/t16-,19-/m1/s1. The molecule has 2 atom stereocenters. The van der Waals surface area contributed by atoms with Gasteiger partial charge in [0.2, 0.25) is 0 Å². The molecule has 1 aromatic carbocycles. The molecule has 132 valence electrons. The van der Waals surface area contributed by atoms with Gasteiger partial charge >= 0.3 is 6.09 Å². The minimum absolute atomic E-state index is 0.0183. The van der Waals surface area contributed by atoms with Crippen molar-refractivity contribution in [3.05, 3.63) is 35.9 Å². The van der Waals surface area contributed by atoms with E-state index in [4.69, 9.17) is 9.47 Å². The van der Waals surface area contributed by atoms with Crippen LogP contribution < -0.4 is 5.32 Å². The summed E-state index contributed by atoms with van der Waals surface area (Å²) in [5.74, 6) is 0. The first-order valence-electron chi connectivity index (χ1n) is 8.74. The first-order chi connectivity index (χ1) is 11.4. The van der Waals surface area contributed by atoms with Crippen LogP contribution in [-0.2, 0) is 14.9 Å². The predicted molar refractivity (Wildman–Crippen MR) is 93.2 cm³/mol. The first kappa shape index (κ1) is 17.2. The number of hydrogen-bond acceptors (Lipinski definition) is 4. The smallest absolute Gasteiger partial charge is 0.407 e. The summed E-state index contributed by atoms with van der Waals surface area (Å²) < 4.78 is 10.9. The summed E-state index contributed by atoms with van der Waals surface area (Å²) in [5.41, 5.74) is 0.797. The number of benzene rings is 1. The molecule has 0 aromatic heterocycles. The molecule has 1 amide bonds. The van der Waals surface area contributed by atoms with Gasteiger partial charge in [0, 0.05) is 31.1 Å². The minimum atomic E-state index is -0.474. The quantitative estimate of drug-likeness (QED) is 0.921. The fourth-order valence-corrected chi connectivity index (χ4v) is 3.46. The second-order valence-electron chi connectivity index (χ2n) is 7.81. The third-order valence-electron chi connectivity index (χ3n) is 4.72. The van der Waals surface area contributed by atoms with Crippen molar-refractivity contribution in [2.75, 3.05) is 32.8 Å². The number of hydrogen-bond donors (Lipinski definition) is 1. The molecule has 1 aliphatic heterocycles. The van der Waals surface area contributed by atoms with Crippen LogP contribution in [0, 0.1) is 0 Å². The Balaban J connectivity index is 1.70. The second kappa shape index (κ2) is 6.73. The molecule has 5 heteroatoms. The minimum Gasteiger partial charge on any atom is -0.444 e. The van der Waals surface area contributed by atoms with E-state index in [0.29, 0.717) is 0 Å². The van der Waals surface area contributed by atoms with Gasteiger partial charge in [-0.25, -0.2) is 4.79 Å². The Hall–Kier alpha value is -1.59. The molecule has 24 heavy (non-hydrogen) atoms. The van der Waals surface area contributed by atoms with Gasteiger partial charge in [-0.15, -0.1) is 0 Å². The number of nitrogens with zero attached hydrogens (tertiary/aromatic N) is 1. The van der Waals surface area contributed by atoms with Crippen molar-refractivity contribution in [3.8, 4) is 0 Å². The van der Waals surface area contributed by atoms with E-state index in [0.717, 1.165) is 39.3 Å². The molecule has 1 aliphatic carbocycles. The Morgan fingerprint density at radius 2 is 1.96 bits per heavy atom. The average molecular weight is 332 g/mol. The van der Waals surface area contributed by atoms with Crippen molar-refractivity contribution in [2.24, 2.45) is 0 Å². The Morgan fingerprint density at radius 3 is 2.58 bits per heavy atom. The topological polar surface area (TPSA) is 50.8 Å². The van der Waals surface area contributed by atoms with Crippen LogP contribution in [0.2, 0.25) is 0 Å². The summed E-state index contributed by atoms with van der Waals surface area (Å²) >= 11 is 0. The van der Waals surface area contributed by atoms with Gasteiger partial charge in [0.15, 0.2) is 0 Å². The molecule has 1 saturated carbocycles. The van der Waals surface area contributed by atoms with E-state index in [1.807, 2.05) is 26.8 Å². The van der Waals surface area contributed by atoms with Gasteiger partial charge in [-0.1, -0.05) is 30.3 Å². The summed E-state index contributed by atoms with van der Waals surface area (Å²) in [6, 6.07) is 10.6.